The monoisotopic (exact) mass is 255 g/mol. The summed E-state index contributed by atoms with van der Waals surface area (Å²) in [4.78, 5) is 2.54. The predicted octanol–water partition coefficient (Wildman–Crippen LogP) is 3.40. The Bertz CT molecular complexity index is 219. The zero-order valence-corrected chi connectivity index (χ0v) is 13.0. The molecule has 2 nitrogen and oxygen atoms in total. The first-order chi connectivity index (χ1) is 8.47. The van der Waals surface area contributed by atoms with Gasteiger partial charge in [-0.25, -0.2) is 0 Å². The normalized spacial score (nSPS) is 34.8. The number of nitrogens with zero attached hydrogens (tertiary/aromatic N) is 1. The Morgan fingerprint density at radius 1 is 1.22 bits per heavy atom. The standard InChI is InChI=1S/C16H33NO/c1-6-12(3)10-17(7-2)11-15-14(5)8-13(4)9-16(15)18/h12-16,18H,6-11H2,1-5H3. The van der Waals surface area contributed by atoms with Crippen LogP contribution in [-0.2, 0) is 0 Å². The maximum atomic E-state index is 10.3. The summed E-state index contributed by atoms with van der Waals surface area (Å²) in [7, 11) is 0. The summed E-state index contributed by atoms with van der Waals surface area (Å²) in [6.07, 6.45) is 3.43. The minimum Gasteiger partial charge on any atom is -0.393 e. The molecule has 1 aliphatic carbocycles. The number of hydrogen-bond acceptors (Lipinski definition) is 2. The van der Waals surface area contributed by atoms with E-state index in [1.165, 1.54) is 19.4 Å². The maximum absolute atomic E-state index is 10.3. The molecule has 1 aliphatic rings. The molecule has 0 bridgehead atoms. The van der Waals surface area contributed by atoms with E-state index in [1.807, 2.05) is 0 Å². The van der Waals surface area contributed by atoms with Gasteiger partial charge in [-0.05, 0) is 37.1 Å². The molecule has 0 heterocycles. The van der Waals surface area contributed by atoms with Gasteiger partial charge in [0.05, 0.1) is 6.10 Å². The molecule has 5 atom stereocenters. The first-order valence-electron chi connectivity index (χ1n) is 7.88. The number of hydrogen-bond donors (Lipinski definition) is 1. The predicted molar refractivity (Wildman–Crippen MR) is 78.6 cm³/mol. The van der Waals surface area contributed by atoms with E-state index in [-0.39, 0.29) is 6.10 Å². The van der Waals surface area contributed by atoms with Gasteiger partial charge in [-0.3, -0.25) is 0 Å². The Morgan fingerprint density at radius 3 is 2.39 bits per heavy atom. The van der Waals surface area contributed by atoms with Gasteiger partial charge in [0.2, 0.25) is 0 Å². The van der Waals surface area contributed by atoms with Gasteiger partial charge < -0.3 is 10.0 Å². The van der Waals surface area contributed by atoms with Crippen molar-refractivity contribution in [2.45, 2.75) is 60.0 Å². The highest BCUT2D eigenvalue weighted by Gasteiger charge is 2.33. The SMILES string of the molecule is CCC(C)CN(CC)CC1C(C)CC(C)CC1O. The van der Waals surface area contributed by atoms with E-state index < -0.39 is 0 Å². The highest BCUT2D eigenvalue weighted by atomic mass is 16.3. The van der Waals surface area contributed by atoms with Crippen molar-refractivity contribution < 1.29 is 5.11 Å². The molecule has 18 heavy (non-hydrogen) atoms. The fourth-order valence-corrected chi connectivity index (χ4v) is 3.37. The Hall–Kier alpha value is -0.0800. The van der Waals surface area contributed by atoms with Gasteiger partial charge in [0.15, 0.2) is 0 Å². The molecule has 108 valence electrons. The third-order valence-corrected chi connectivity index (χ3v) is 4.83. The average molecular weight is 255 g/mol. The minimum absolute atomic E-state index is 0.0882. The summed E-state index contributed by atoms with van der Waals surface area (Å²) in [6, 6.07) is 0. The molecule has 0 spiro atoms. The van der Waals surface area contributed by atoms with Gasteiger partial charge in [0, 0.05) is 19.0 Å². The van der Waals surface area contributed by atoms with Crippen molar-refractivity contribution in [3.05, 3.63) is 0 Å². The van der Waals surface area contributed by atoms with Crippen LogP contribution in [0.1, 0.15) is 53.9 Å². The highest BCUT2D eigenvalue weighted by Crippen LogP contribution is 2.34. The van der Waals surface area contributed by atoms with Crippen molar-refractivity contribution in [1.82, 2.24) is 4.90 Å². The molecule has 0 aromatic heterocycles. The molecular formula is C16H33NO. The summed E-state index contributed by atoms with van der Waals surface area (Å²) in [5.41, 5.74) is 0. The fourth-order valence-electron chi connectivity index (χ4n) is 3.37. The molecule has 0 aromatic rings. The van der Waals surface area contributed by atoms with Crippen molar-refractivity contribution in [3.63, 3.8) is 0 Å². The van der Waals surface area contributed by atoms with Crippen molar-refractivity contribution in [2.24, 2.45) is 23.7 Å². The van der Waals surface area contributed by atoms with Crippen LogP contribution in [0.25, 0.3) is 0 Å². The van der Waals surface area contributed by atoms with E-state index in [9.17, 15) is 5.11 Å². The smallest absolute Gasteiger partial charge is 0.0585 e. The second-order valence-corrected chi connectivity index (χ2v) is 6.65. The third kappa shape index (κ3) is 4.55. The summed E-state index contributed by atoms with van der Waals surface area (Å²) < 4.78 is 0. The van der Waals surface area contributed by atoms with Gasteiger partial charge in [0.25, 0.3) is 0 Å². The number of aliphatic hydroxyl groups is 1. The van der Waals surface area contributed by atoms with Crippen LogP contribution in [0, 0.1) is 23.7 Å². The van der Waals surface area contributed by atoms with Crippen LogP contribution in [0.2, 0.25) is 0 Å². The Balaban J connectivity index is 2.52. The van der Waals surface area contributed by atoms with Crippen LogP contribution in [0.3, 0.4) is 0 Å². The molecule has 0 amide bonds. The Labute approximate surface area is 114 Å². The highest BCUT2D eigenvalue weighted by molar-refractivity contribution is 4.85. The largest absolute Gasteiger partial charge is 0.393 e. The molecular weight excluding hydrogens is 222 g/mol. The molecule has 0 aromatic carbocycles. The van der Waals surface area contributed by atoms with E-state index in [4.69, 9.17) is 0 Å². The van der Waals surface area contributed by atoms with Crippen molar-refractivity contribution in [2.75, 3.05) is 19.6 Å². The van der Waals surface area contributed by atoms with E-state index in [0.29, 0.717) is 17.8 Å². The van der Waals surface area contributed by atoms with E-state index in [2.05, 4.69) is 39.5 Å². The van der Waals surface area contributed by atoms with Crippen molar-refractivity contribution in [1.29, 1.82) is 0 Å². The second-order valence-electron chi connectivity index (χ2n) is 6.65. The Kier molecular flexibility index (Phi) is 6.65. The molecule has 1 rings (SSSR count). The first kappa shape index (κ1) is 16.0. The lowest BCUT2D eigenvalue weighted by Crippen LogP contribution is -2.43. The van der Waals surface area contributed by atoms with E-state index in [0.717, 1.165) is 25.4 Å². The van der Waals surface area contributed by atoms with Crippen LogP contribution < -0.4 is 0 Å². The zero-order valence-electron chi connectivity index (χ0n) is 13.0. The quantitative estimate of drug-likeness (QED) is 0.786. The minimum atomic E-state index is -0.0882. The third-order valence-electron chi connectivity index (χ3n) is 4.83. The molecule has 0 radical (unpaired) electrons. The lowest BCUT2D eigenvalue weighted by Gasteiger charge is -2.40. The molecule has 0 aliphatic heterocycles. The average Bonchev–Trinajstić information content (AvgIpc) is 2.31. The lowest BCUT2D eigenvalue weighted by atomic mass is 9.73. The Morgan fingerprint density at radius 2 is 1.89 bits per heavy atom. The van der Waals surface area contributed by atoms with Gasteiger partial charge in [0.1, 0.15) is 0 Å². The zero-order chi connectivity index (χ0) is 13.7. The summed E-state index contributed by atoms with van der Waals surface area (Å²) in [5, 5.41) is 10.3. The molecule has 1 fully saturated rings. The van der Waals surface area contributed by atoms with Gasteiger partial charge in [-0.15, -0.1) is 0 Å². The van der Waals surface area contributed by atoms with E-state index in [1.54, 1.807) is 0 Å². The van der Waals surface area contributed by atoms with Crippen molar-refractivity contribution in [3.8, 4) is 0 Å². The van der Waals surface area contributed by atoms with Gasteiger partial charge in [-0.2, -0.15) is 0 Å². The van der Waals surface area contributed by atoms with Crippen LogP contribution in [0.4, 0.5) is 0 Å². The van der Waals surface area contributed by atoms with Crippen LogP contribution in [0.15, 0.2) is 0 Å². The summed E-state index contributed by atoms with van der Waals surface area (Å²) in [5.74, 6) is 2.59. The summed E-state index contributed by atoms with van der Waals surface area (Å²) in [6.45, 7) is 14.8. The summed E-state index contributed by atoms with van der Waals surface area (Å²) >= 11 is 0. The van der Waals surface area contributed by atoms with Gasteiger partial charge >= 0.3 is 0 Å². The van der Waals surface area contributed by atoms with Crippen LogP contribution >= 0.6 is 0 Å². The van der Waals surface area contributed by atoms with Crippen LogP contribution in [-0.4, -0.2) is 35.7 Å². The van der Waals surface area contributed by atoms with Crippen LogP contribution in [0.5, 0.6) is 0 Å². The molecule has 1 saturated carbocycles. The second kappa shape index (κ2) is 7.49. The molecule has 1 N–H and O–H groups in total. The molecule has 0 saturated heterocycles. The lowest BCUT2D eigenvalue weighted by molar-refractivity contribution is -0.00314. The van der Waals surface area contributed by atoms with E-state index >= 15 is 0 Å². The molecule has 5 unspecified atom stereocenters. The van der Waals surface area contributed by atoms with Crippen molar-refractivity contribution >= 4 is 0 Å². The first-order valence-corrected chi connectivity index (χ1v) is 7.88. The number of aliphatic hydroxyl groups excluding tert-OH is 1. The topological polar surface area (TPSA) is 23.5 Å². The van der Waals surface area contributed by atoms with Gasteiger partial charge in [-0.1, -0.05) is 41.0 Å². The fraction of sp³-hybridized carbons (Fsp3) is 1.00. The maximum Gasteiger partial charge on any atom is 0.0585 e. The number of rotatable bonds is 6. The molecule has 2 heteroatoms.